The molecular weight excluding hydrogens is 456 g/mol. The monoisotopic (exact) mass is 484 g/mol. The highest BCUT2D eigenvalue weighted by atomic mass is 16.7. The lowest BCUT2D eigenvalue weighted by Gasteiger charge is -2.26. The molecule has 2 heterocycles. The molecule has 0 atom stereocenters. The van der Waals surface area contributed by atoms with Crippen molar-refractivity contribution < 1.29 is 23.8 Å². The average molecular weight is 485 g/mol. The molecule has 3 aromatic carbocycles. The Morgan fingerprint density at radius 1 is 0.889 bits per heavy atom. The van der Waals surface area contributed by atoms with E-state index in [-0.39, 0.29) is 18.6 Å². The molecule has 36 heavy (non-hydrogen) atoms. The second-order valence-corrected chi connectivity index (χ2v) is 9.62. The Balaban J connectivity index is 1.20. The second kappa shape index (κ2) is 8.99. The number of aryl methyl sites for hydroxylation is 1. The van der Waals surface area contributed by atoms with Crippen molar-refractivity contribution in [1.82, 2.24) is 4.90 Å². The number of benzene rings is 3. The van der Waals surface area contributed by atoms with Gasteiger partial charge in [-0.25, -0.2) is 0 Å². The molecule has 7 heteroatoms. The Kier molecular flexibility index (Phi) is 5.64. The molecule has 1 saturated carbocycles. The lowest BCUT2D eigenvalue weighted by molar-refractivity contribution is -0.118. The first-order chi connectivity index (χ1) is 17.5. The summed E-state index contributed by atoms with van der Waals surface area (Å²) in [5, 5.41) is 3.14. The van der Waals surface area contributed by atoms with E-state index in [0.717, 1.165) is 46.5 Å². The topological polar surface area (TPSA) is 77.1 Å². The van der Waals surface area contributed by atoms with Crippen LogP contribution in [0, 0.1) is 6.92 Å². The molecule has 7 nitrogen and oxygen atoms in total. The summed E-state index contributed by atoms with van der Waals surface area (Å²) in [4.78, 5) is 28.0. The number of hydrogen-bond acceptors (Lipinski definition) is 5. The lowest BCUT2D eigenvalue weighted by atomic mass is 9.94. The third-order valence-electron chi connectivity index (χ3n) is 7.35. The number of morpholine rings is 1. The Hall–Kier alpha value is -3.84. The van der Waals surface area contributed by atoms with Gasteiger partial charge in [0, 0.05) is 24.3 Å². The first-order valence-electron chi connectivity index (χ1n) is 12.3. The fraction of sp³-hybridized carbons (Fsp3) is 0.310. The molecule has 3 aliphatic rings. The van der Waals surface area contributed by atoms with E-state index in [2.05, 4.69) is 5.32 Å². The number of nitrogens with one attached hydrogen (secondary N) is 1. The maximum absolute atomic E-state index is 13.4. The first-order valence-corrected chi connectivity index (χ1v) is 12.3. The third kappa shape index (κ3) is 4.09. The Morgan fingerprint density at radius 2 is 1.64 bits per heavy atom. The molecule has 6 rings (SSSR count). The van der Waals surface area contributed by atoms with E-state index in [1.54, 1.807) is 0 Å². The van der Waals surface area contributed by atoms with Gasteiger partial charge in [-0.15, -0.1) is 0 Å². The van der Waals surface area contributed by atoms with Crippen LogP contribution in [0.25, 0.3) is 11.1 Å². The number of ether oxygens (including phenoxy) is 3. The van der Waals surface area contributed by atoms with Crippen molar-refractivity contribution in [2.75, 3.05) is 38.4 Å². The third-order valence-corrected chi connectivity index (χ3v) is 7.35. The van der Waals surface area contributed by atoms with E-state index in [0.29, 0.717) is 37.6 Å². The molecule has 1 N–H and O–H groups in total. The average Bonchev–Trinajstić information content (AvgIpc) is 3.60. The summed E-state index contributed by atoms with van der Waals surface area (Å²) in [6.07, 6.45) is 1.60. The number of amides is 2. The predicted molar refractivity (Wildman–Crippen MR) is 135 cm³/mol. The van der Waals surface area contributed by atoms with E-state index in [1.807, 2.05) is 72.5 Å². The Bertz CT molecular complexity index is 1320. The van der Waals surface area contributed by atoms with Gasteiger partial charge in [0.1, 0.15) is 0 Å². The van der Waals surface area contributed by atoms with Gasteiger partial charge in [0.2, 0.25) is 12.7 Å². The van der Waals surface area contributed by atoms with Gasteiger partial charge in [0.05, 0.1) is 18.6 Å². The van der Waals surface area contributed by atoms with Gasteiger partial charge in [-0.1, -0.05) is 24.3 Å². The number of hydrogen-bond donors (Lipinski definition) is 1. The molecule has 0 radical (unpaired) electrons. The number of fused-ring (bicyclic) bond motifs is 1. The molecule has 0 aromatic heterocycles. The normalized spacial score (nSPS) is 17.5. The van der Waals surface area contributed by atoms with Crippen molar-refractivity contribution >= 4 is 17.5 Å². The van der Waals surface area contributed by atoms with E-state index >= 15 is 0 Å². The highest BCUT2D eigenvalue weighted by molar-refractivity contribution is 6.02. The van der Waals surface area contributed by atoms with Gasteiger partial charge < -0.3 is 24.4 Å². The van der Waals surface area contributed by atoms with Crippen LogP contribution in [-0.4, -0.2) is 49.8 Å². The van der Waals surface area contributed by atoms with Gasteiger partial charge >= 0.3 is 0 Å². The summed E-state index contributed by atoms with van der Waals surface area (Å²) < 4.78 is 16.3. The summed E-state index contributed by atoms with van der Waals surface area (Å²) in [7, 11) is 0. The zero-order valence-electron chi connectivity index (χ0n) is 20.2. The maximum Gasteiger partial charge on any atom is 0.254 e. The van der Waals surface area contributed by atoms with Crippen molar-refractivity contribution in [3.63, 3.8) is 0 Å². The van der Waals surface area contributed by atoms with E-state index in [4.69, 9.17) is 14.2 Å². The van der Waals surface area contributed by atoms with Crippen molar-refractivity contribution in [1.29, 1.82) is 0 Å². The van der Waals surface area contributed by atoms with Crippen LogP contribution in [0.1, 0.15) is 34.3 Å². The summed E-state index contributed by atoms with van der Waals surface area (Å²) in [6.45, 7) is 4.66. The molecule has 2 fully saturated rings. The molecular formula is C29H28N2O5. The van der Waals surface area contributed by atoms with Crippen molar-refractivity contribution in [2.24, 2.45) is 0 Å². The molecule has 2 aliphatic heterocycles. The van der Waals surface area contributed by atoms with Crippen LogP contribution in [0.4, 0.5) is 5.69 Å². The van der Waals surface area contributed by atoms with Gasteiger partial charge in [-0.05, 0) is 78.4 Å². The number of anilines is 1. The Morgan fingerprint density at radius 3 is 2.39 bits per heavy atom. The number of rotatable bonds is 5. The van der Waals surface area contributed by atoms with Gasteiger partial charge in [-0.2, -0.15) is 0 Å². The van der Waals surface area contributed by atoms with Crippen LogP contribution in [0.2, 0.25) is 0 Å². The van der Waals surface area contributed by atoms with Crippen LogP contribution in [0.15, 0.2) is 60.7 Å². The largest absolute Gasteiger partial charge is 0.454 e. The van der Waals surface area contributed by atoms with Crippen LogP contribution in [0.5, 0.6) is 11.5 Å². The molecule has 1 saturated heterocycles. The minimum Gasteiger partial charge on any atom is -0.454 e. The quantitative estimate of drug-likeness (QED) is 0.576. The standard InChI is InChI=1S/C29H28N2O5/c1-19-2-8-23(30-28(33)29(10-11-29)22-7-9-25-26(16-22)36-18-35-25)17-24(19)20-3-5-21(6-4-20)27(32)31-12-14-34-15-13-31/h2-9,16-17H,10-15,18H2,1H3,(H,30,33). The van der Waals surface area contributed by atoms with E-state index < -0.39 is 5.41 Å². The summed E-state index contributed by atoms with van der Waals surface area (Å²) in [6, 6.07) is 19.4. The molecule has 1 aliphatic carbocycles. The van der Waals surface area contributed by atoms with Gasteiger partial charge in [0.15, 0.2) is 11.5 Å². The van der Waals surface area contributed by atoms with Crippen LogP contribution in [0.3, 0.4) is 0 Å². The molecule has 0 bridgehead atoms. The SMILES string of the molecule is Cc1ccc(NC(=O)C2(c3ccc4c(c3)OCO4)CC2)cc1-c1ccc(C(=O)N2CCOCC2)cc1. The van der Waals surface area contributed by atoms with Crippen LogP contribution < -0.4 is 14.8 Å². The molecule has 184 valence electrons. The lowest BCUT2D eigenvalue weighted by Crippen LogP contribution is -2.40. The number of nitrogens with zero attached hydrogens (tertiary/aromatic N) is 1. The van der Waals surface area contributed by atoms with E-state index in [1.165, 1.54) is 0 Å². The first kappa shape index (κ1) is 22.6. The maximum atomic E-state index is 13.4. The molecule has 0 unspecified atom stereocenters. The summed E-state index contributed by atoms with van der Waals surface area (Å²) in [5.74, 6) is 1.43. The van der Waals surface area contributed by atoms with Crippen molar-refractivity contribution in [3.8, 4) is 22.6 Å². The van der Waals surface area contributed by atoms with E-state index in [9.17, 15) is 9.59 Å². The molecule has 2 amide bonds. The highest BCUT2D eigenvalue weighted by Crippen LogP contribution is 2.51. The summed E-state index contributed by atoms with van der Waals surface area (Å²) >= 11 is 0. The predicted octanol–water partition coefficient (Wildman–Crippen LogP) is 4.53. The van der Waals surface area contributed by atoms with Crippen molar-refractivity contribution in [3.05, 3.63) is 77.4 Å². The minimum absolute atomic E-state index is 0.0115. The van der Waals surface area contributed by atoms with Gasteiger partial charge in [-0.3, -0.25) is 9.59 Å². The van der Waals surface area contributed by atoms with Crippen LogP contribution >= 0.6 is 0 Å². The van der Waals surface area contributed by atoms with Gasteiger partial charge in [0.25, 0.3) is 5.91 Å². The smallest absolute Gasteiger partial charge is 0.254 e. The fourth-order valence-corrected chi connectivity index (χ4v) is 4.97. The van der Waals surface area contributed by atoms with Crippen molar-refractivity contribution in [2.45, 2.75) is 25.2 Å². The zero-order valence-corrected chi connectivity index (χ0v) is 20.2. The number of carbonyl (C=O) groups is 2. The second-order valence-electron chi connectivity index (χ2n) is 9.62. The minimum atomic E-state index is -0.534. The fourth-order valence-electron chi connectivity index (χ4n) is 4.97. The summed E-state index contributed by atoms with van der Waals surface area (Å²) in [5.41, 5.74) is 4.95. The van der Waals surface area contributed by atoms with Crippen LogP contribution in [-0.2, 0) is 14.9 Å². The zero-order chi connectivity index (χ0) is 24.7. The number of carbonyl (C=O) groups excluding carboxylic acids is 2. The Labute approximate surface area is 210 Å². The molecule has 3 aromatic rings. The highest BCUT2D eigenvalue weighted by Gasteiger charge is 2.51. The molecule has 0 spiro atoms.